The predicted octanol–water partition coefficient (Wildman–Crippen LogP) is 4.93. The van der Waals surface area contributed by atoms with Gasteiger partial charge < -0.3 is 14.6 Å². The van der Waals surface area contributed by atoms with E-state index < -0.39 is 0 Å². The molecule has 1 fully saturated rings. The molecular formula is C24H30N4O2. The van der Waals surface area contributed by atoms with Crippen molar-refractivity contribution in [3.8, 4) is 0 Å². The zero-order valence-corrected chi connectivity index (χ0v) is 18.7. The van der Waals surface area contributed by atoms with Crippen molar-refractivity contribution in [2.75, 3.05) is 23.3 Å². The summed E-state index contributed by atoms with van der Waals surface area (Å²) in [7, 11) is 0. The number of carbonyl (C=O) groups excluding carboxylic acids is 1. The average Bonchev–Trinajstić information content (AvgIpc) is 2.97. The Hall–Kier alpha value is -2.89. The fourth-order valence-corrected chi connectivity index (χ4v) is 4.55. The van der Waals surface area contributed by atoms with Gasteiger partial charge in [-0.05, 0) is 65.5 Å². The number of aromatic nitrogens is 2. The number of amides is 1. The summed E-state index contributed by atoms with van der Waals surface area (Å²) in [6.45, 7) is 13.6. The Balaban J connectivity index is 1.60. The maximum Gasteiger partial charge on any atom is 0.231 e. The first-order valence-corrected chi connectivity index (χ1v) is 10.6. The van der Waals surface area contributed by atoms with Gasteiger partial charge in [-0.3, -0.25) is 4.79 Å². The second-order valence-electron chi connectivity index (χ2n) is 8.61. The van der Waals surface area contributed by atoms with E-state index in [1.165, 1.54) is 5.56 Å². The molecule has 4 rings (SSSR count). The number of benzene rings is 1. The number of anilines is 2. The summed E-state index contributed by atoms with van der Waals surface area (Å²) in [5.41, 5.74) is 6.05. The zero-order chi connectivity index (χ0) is 21.6. The van der Waals surface area contributed by atoms with Crippen molar-refractivity contribution >= 4 is 28.5 Å². The molecule has 0 aliphatic carbocycles. The van der Waals surface area contributed by atoms with Crippen LogP contribution in [0.3, 0.4) is 0 Å². The summed E-state index contributed by atoms with van der Waals surface area (Å²) < 4.78 is 5.84. The molecular weight excluding hydrogens is 376 g/mol. The first kappa shape index (κ1) is 20.4. The van der Waals surface area contributed by atoms with Crippen LogP contribution < -0.4 is 10.2 Å². The van der Waals surface area contributed by atoms with Crippen LogP contribution in [0.1, 0.15) is 46.7 Å². The lowest BCUT2D eigenvalue weighted by Crippen LogP contribution is -2.41. The molecule has 1 aromatic carbocycles. The SMILES string of the molecule is Cc1cc(C)c(NC(=O)[C@@H]2CCCN(c3nc(C)nc4oc(C)c(C)c34)C2)c(C)c1. The van der Waals surface area contributed by atoms with E-state index in [4.69, 9.17) is 9.40 Å². The minimum atomic E-state index is -0.0857. The fourth-order valence-electron chi connectivity index (χ4n) is 4.55. The maximum absolute atomic E-state index is 13.1. The van der Waals surface area contributed by atoms with Crippen molar-refractivity contribution in [1.29, 1.82) is 0 Å². The van der Waals surface area contributed by atoms with Crippen molar-refractivity contribution in [3.05, 3.63) is 46.0 Å². The second-order valence-corrected chi connectivity index (χ2v) is 8.61. The number of hydrogen-bond donors (Lipinski definition) is 1. The van der Waals surface area contributed by atoms with E-state index >= 15 is 0 Å². The molecule has 1 amide bonds. The fraction of sp³-hybridized carbons (Fsp3) is 0.458. The van der Waals surface area contributed by atoms with Crippen LogP contribution in [0, 0.1) is 47.5 Å². The molecule has 0 spiro atoms. The van der Waals surface area contributed by atoms with Crippen molar-refractivity contribution < 1.29 is 9.21 Å². The Labute approximate surface area is 177 Å². The molecule has 0 bridgehead atoms. The normalized spacial score (nSPS) is 16.9. The second kappa shape index (κ2) is 7.74. The molecule has 30 heavy (non-hydrogen) atoms. The summed E-state index contributed by atoms with van der Waals surface area (Å²) >= 11 is 0. The quantitative estimate of drug-likeness (QED) is 0.668. The van der Waals surface area contributed by atoms with Gasteiger partial charge in [0.1, 0.15) is 17.4 Å². The van der Waals surface area contributed by atoms with Gasteiger partial charge >= 0.3 is 0 Å². The minimum Gasteiger partial charge on any atom is -0.443 e. The summed E-state index contributed by atoms with van der Waals surface area (Å²) in [5, 5.41) is 4.16. The molecule has 1 saturated heterocycles. The summed E-state index contributed by atoms with van der Waals surface area (Å²) in [5.74, 6) is 2.42. The minimum absolute atomic E-state index is 0.0804. The molecule has 1 aliphatic rings. The Bertz CT molecular complexity index is 1110. The number of piperidine rings is 1. The van der Waals surface area contributed by atoms with Crippen molar-refractivity contribution in [3.63, 3.8) is 0 Å². The predicted molar refractivity (Wildman–Crippen MR) is 120 cm³/mol. The molecule has 3 aromatic rings. The number of hydrogen-bond acceptors (Lipinski definition) is 5. The number of aryl methyl sites for hydroxylation is 6. The van der Waals surface area contributed by atoms with E-state index in [0.717, 1.165) is 58.7 Å². The number of carbonyl (C=O) groups is 1. The highest BCUT2D eigenvalue weighted by molar-refractivity contribution is 5.95. The third-order valence-electron chi connectivity index (χ3n) is 6.14. The van der Waals surface area contributed by atoms with Gasteiger partial charge in [0, 0.05) is 24.3 Å². The summed E-state index contributed by atoms with van der Waals surface area (Å²) in [4.78, 5) is 24.6. The first-order valence-electron chi connectivity index (χ1n) is 10.6. The van der Waals surface area contributed by atoms with Crippen LogP contribution in [0.2, 0.25) is 0 Å². The van der Waals surface area contributed by atoms with Crippen LogP contribution in [0.5, 0.6) is 0 Å². The molecule has 1 atom stereocenters. The van der Waals surface area contributed by atoms with E-state index in [9.17, 15) is 4.79 Å². The van der Waals surface area contributed by atoms with Crippen LogP contribution in [0.15, 0.2) is 16.5 Å². The summed E-state index contributed by atoms with van der Waals surface area (Å²) in [6, 6.07) is 4.22. The van der Waals surface area contributed by atoms with Gasteiger partial charge in [0.15, 0.2) is 0 Å². The van der Waals surface area contributed by atoms with E-state index in [2.05, 4.69) is 34.3 Å². The molecule has 0 unspecified atom stereocenters. The van der Waals surface area contributed by atoms with Gasteiger partial charge in [0.2, 0.25) is 11.6 Å². The molecule has 0 saturated carbocycles. The molecule has 0 radical (unpaired) electrons. The first-order chi connectivity index (χ1) is 14.2. The Morgan fingerprint density at radius 2 is 1.80 bits per heavy atom. The van der Waals surface area contributed by atoms with Gasteiger partial charge in [0.05, 0.1) is 11.3 Å². The average molecular weight is 407 g/mol. The van der Waals surface area contributed by atoms with Gasteiger partial charge in [-0.2, -0.15) is 4.98 Å². The molecule has 1 N–H and O–H groups in total. The van der Waals surface area contributed by atoms with E-state index in [-0.39, 0.29) is 11.8 Å². The lowest BCUT2D eigenvalue weighted by Gasteiger charge is -2.33. The Morgan fingerprint density at radius 3 is 2.50 bits per heavy atom. The van der Waals surface area contributed by atoms with Crippen molar-refractivity contribution in [2.45, 2.75) is 54.4 Å². The van der Waals surface area contributed by atoms with Crippen molar-refractivity contribution in [2.24, 2.45) is 5.92 Å². The number of rotatable bonds is 3. The van der Waals surface area contributed by atoms with Gasteiger partial charge in [-0.15, -0.1) is 0 Å². The van der Waals surface area contributed by atoms with Gasteiger partial charge in [0.25, 0.3) is 0 Å². The third kappa shape index (κ3) is 3.66. The molecule has 6 heteroatoms. The van der Waals surface area contributed by atoms with Crippen LogP contribution in [0.25, 0.3) is 11.1 Å². The van der Waals surface area contributed by atoms with Gasteiger partial charge in [-0.25, -0.2) is 4.98 Å². The van der Waals surface area contributed by atoms with Crippen LogP contribution in [-0.2, 0) is 4.79 Å². The smallest absolute Gasteiger partial charge is 0.231 e. The number of fused-ring (bicyclic) bond motifs is 1. The summed E-state index contributed by atoms with van der Waals surface area (Å²) in [6.07, 6.45) is 1.83. The number of nitrogens with zero attached hydrogens (tertiary/aromatic N) is 3. The van der Waals surface area contributed by atoms with E-state index in [0.29, 0.717) is 18.1 Å². The largest absolute Gasteiger partial charge is 0.443 e. The standard InChI is InChI=1S/C24H30N4O2/c1-13-10-14(2)21(15(3)11-13)27-23(29)19-8-7-9-28(12-19)22-20-16(4)17(5)30-24(20)26-18(6)25-22/h10-11,19H,7-9,12H2,1-6H3,(H,27,29)/t19-/m1/s1. The highest BCUT2D eigenvalue weighted by Crippen LogP contribution is 2.34. The van der Waals surface area contributed by atoms with Crippen molar-refractivity contribution in [1.82, 2.24) is 9.97 Å². The van der Waals surface area contributed by atoms with E-state index in [1.807, 2.05) is 34.6 Å². The molecule has 2 aromatic heterocycles. The highest BCUT2D eigenvalue weighted by Gasteiger charge is 2.29. The lowest BCUT2D eigenvalue weighted by molar-refractivity contribution is -0.120. The van der Waals surface area contributed by atoms with Gasteiger partial charge in [-0.1, -0.05) is 17.7 Å². The van der Waals surface area contributed by atoms with Crippen LogP contribution in [0.4, 0.5) is 11.5 Å². The number of furan rings is 1. The Morgan fingerprint density at radius 1 is 1.10 bits per heavy atom. The number of nitrogens with one attached hydrogen (secondary N) is 1. The topological polar surface area (TPSA) is 71.3 Å². The molecule has 3 heterocycles. The van der Waals surface area contributed by atoms with E-state index in [1.54, 1.807) is 0 Å². The zero-order valence-electron chi connectivity index (χ0n) is 18.7. The maximum atomic E-state index is 13.1. The van der Waals surface area contributed by atoms with Crippen LogP contribution >= 0.6 is 0 Å². The van der Waals surface area contributed by atoms with Crippen LogP contribution in [-0.4, -0.2) is 29.0 Å². The highest BCUT2D eigenvalue weighted by atomic mass is 16.3. The molecule has 6 nitrogen and oxygen atoms in total. The Kier molecular flexibility index (Phi) is 5.26. The molecule has 158 valence electrons. The molecule has 1 aliphatic heterocycles. The third-order valence-corrected chi connectivity index (χ3v) is 6.14. The lowest BCUT2D eigenvalue weighted by atomic mass is 9.96. The monoisotopic (exact) mass is 406 g/mol.